The summed E-state index contributed by atoms with van der Waals surface area (Å²) in [7, 11) is 0. The van der Waals surface area contributed by atoms with Gasteiger partial charge in [0.15, 0.2) is 0 Å². The van der Waals surface area contributed by atoms with Crippen molar-refractivity contribution in [2.45, 2.75) is 24.7 Å². The number of halogens is 3. The van der Waals surface area contributed by atoms with Crippen LogP contribution in [0.5, 0.6) is 0 Å². The molecule has 0 saturated carbocycles. The monoisotopic (exact) mass is 387 g/mol. The zero-order valence-electron chi connectivity index (χ0n) is 14.6. The fourth-order valence-electron chi connectivity index (χ4n) is 3.44. The molecular weight excluding hydrogens is 371 g/mol. The van der Waals surface area contributed by atoms with Crippen LogP contribution in [0.3, 0.4) is 0 Å². The van der Waals surface area contributed by atoms with Crippen molar-refractivity contribution in [3.8, 4) is 11.4 Å². The molecule has 144 valence electrons. The summed E-state index contributed by atoms with van der Waals surface area (Å²) in [5.41, 5.74) is 0.407. The van der Waals surface area contributed by atoms with Gasteiger partial charge >= 0.3 is 6.18 Å². The van der Waals surface area contributed by atoms with Crippen molar-refractivity contribution in [3.63, 3.8) is 0 Å². The van der Waals surface area contributed by atoms with Crippen molar-refractivity contribution >= 4 is 5.95 Å². The Kier molecular flexibility index (Phi) is 4.68. The molecule has 2 atom stereocenters. The van der Waals surface area contributed by atoms with E-state index < -0.39 is 23.9 Å². The number of benzene rings is 1. The second-order valence-corrected chi connectivity index (χ2v) is 6.48. The lowest BCUT2D eigenvalue weighted by Crippen LogP contribution is -2.27. The van der Waals surface area contributed by atoms with Crippen LogP contribution in [0.4, 0.5) is 19.1 Å². The molecule has 0 bridgehead atoms. The summed E-state index contributed by atoms with van der Waals surface area (Å²) in [4.78, 5) is 18.5. The summed E-state index contributed by atoms with van der Waals surface area (Å²) in [6.07, 6.45) is 1.01. The van der Waals surface area contributed by atoms with Crippen LogP contribution in [-0.2, 0) is 6.18 Å². The number of anilines is 1. The van der Waals surface area contributed by atoms with Crippen molar-refractivity contribution in [2.24, 2.45) is 0 Å². The zero-order chi connectivity index (χ0) is 19.7. The molecular formula is C19H16F3N5O. The molecule has 3 heterocycles. The summed E-state index contributed by atoms with van der Waals surface area (Å²) in [6.45, 7) is 0.140. The van der Waals surface area contributed by atoms with E-state index >= 15 is 0 Å². The maximum absolute atomic E-state index is 13.5. The Morgan fingerprint density at radius 2 is 1.82 bits per heavy atom. The van der Waals surface area contributed by atoms with Crippen molar-refractivity contribution in [3.05, 3.63) is 66.2 Å². The van der Waals surface area contributed by atoms with Gasteiger partial charge in [-0.05, 0) is 24.1 Å². The van der Waals surface area contributed by atoms with E-state index in [4.69, 9.17) is 0 Å². The highest BCUT2D eigenvalue weighted by Gasteiger charge is 2.40. The van der Waals surface area contributed by atoms with Gasteiger partial charge in [0.25, 0.3) is 0 Å². The van der Waals surface area contributed by atoms with Gasteiger partial charge in [-0.3, -0.25) is 9.97 Å². The Bertz CT molecular complexity index is 967. The molecule has 3 aromatic rings. The molecule has 0 spiro atoms. The molecule has 9 heteroatoms. The van der Waals surface area contributed by atoms with Gasteiger partial charge in [-0.25, -0.2) is 9.97 Å². The Hall–Kier alpha value is -3.07. The van der Waals surface area contributed by atoms with Crippen molar-refractivity contribution in [1.82, 2.24) is 19.9 Å². The first kappa shape index (κ1) is 18.3. The molecule has 2 aromatic heterocycles. The van der Waals surface area contributed by atoms with Crippen LogP contribution in [0.1, 0.15) is 23.6 Å². The molecule has 1 N–H and O–H groups in total. The molecule has 1 saturated heterocycles. The third-order valence-corrected chi connectivity index (χ3v) is 4.63. The van der Waals surface area contributed by atoms with Gasteiger partial charge in [0.05, 0.1) is 29.6 Å². The summed E-state index contributed by atoms with van der Waals surface area (Å²) in [6, 6.07) is 6.36. The van der Waals surface area contributed by atoms with E-state index in [1.54, 1.807) is 23.2 Å². The third-order valence-electron chi connectivity index (χ3n) is 4.63. The van der Waals surface area contributed by atoms with E-state index in [0.29, 0.717) is 11.4 Å². The number of rotatable bonds is 3. The minimum Gasteiger partial charge on any atom is -0.391 e. The fourth-order valence-corrected chi connectivity index (χ4v) is 3.44. The molecule has 6 nitrogen and oxygen atoms in total. The number of hydrogen-bond acceptors (Lipinski definition) is 6. The highest BCUT2D eigenvalue weighted by atomic mass is 19.4. The number of β-amino-alcohol motifs (C(OH)–C–C–N with tert-alkyl or cyclic N) is 1. The van der Waals surface area contributed by atoms with Gasteiger partial charge < -0.3 is 10.0 Å². The van der Waals surface area contributed by atoms with E-state index in [9.17, 15) is 18.3 Å². The average Bonchev–Trinajstić information content (AvgIpc) is 3.10. The van der Waals surface area contributed by atoms with Crippen LogP contribution in [-0.4, -0.2) is 37.7 Å². The predicted molar refractivity (Wildman–Crippen MR) is 95.2 cm³/mol. The summed E-state index contributed by atoms with van der Waals surface area (Å²) in [5.74, 6) is 0.238. The topological polar surface area (TPSA) is 75.0 Å². The highest BCUT2D eigenvalue weighted by molar-refractivity contribution is 5.55. The summed E-state index contributed by atoms with van der Waals surface area (Å²) < 4.78 is 40.5. The van der Waals surface area contributed by atoms with E-state index in [1.807, 2.05) is 0 Å². The van der Waals surface area contributed by atoms with Crippen LogP contribution < -0.4 is 4.90 Å². The van der Waals surface area contributed by atoms with E-state index in [2.05, 4.69) is 19.9 Å². The SMILES string of the molecule is OC1CC(c2ccccc2C(F)(F)F)N(c2nccc(-c3cnccn3)n2)C1. The van der Waals surface area contributed by atoms with Gasteiger partial charge in [0.2, 0.25) is 5.95 Å². The number of hydrogen-bond donors (Lipinski definition) is 1. The third kappa shape index (κ3) is 3.53. The molecule has 1 aliphatic heterocycles. The van der Waals surface area contributed by atoms with Gasteiger partial charge in [-0.1, -0.05) is 18.2 Å². The maximum atomic E-state index is 13.5. The number of aromatic nitrogens is 4. The van der Waals surface area contributed by atoms with Crippen LogP contribution in [0, 0.1) is 0 Å². The maximum Gasteiger partial charge on any atom is 0.416 e. The summed E-state index contributed by atoms with van der Waals surface area (Å²) >= 11 is 0. The van der Waals surface area contributed by atoms with Crippen LogP contribution in [0.25, 0.3) is 11.4 Å². The van der Waals surface area contributed by atoms with Gasteiger partial charge in [0.1, 0.15) is 5.69 Å². The van der Waals surface area contributed by atoms with Crippen LogP contribution >= 0.6 is 0 Å². The zero-order valence-corrected chi connectivity index (χ0v) is 14.6. The average molecular weight is 387 g/mol. The number of aliphatic hydroxyl groups excluding tert-OH is 1. The second kappa shape index (κ2) is 7.16. The predicted octanol–water partition coefficient (Wildman–Crippen LogP) is 3.26. The molecule has 28 heavy (non-hydrogen) atoms. The van der Waals surface area contributed by atoms with E-state index in [-0.39, 0.29) is 24.5 Å². The Morgan fingerprint density at radius 3 is 2.57 bits per heavy atom. The number of alkyl halides is 3. The number of nitrogens with zero attached hydrogens (tertiary/aromatic N) is 5. The quantitative estimate of drug-likeness (QED) is 0.744. The van der Waals surface area contributed by atoms with Gasteiger partial charge in [-0.15, -0.1) is 0 Å². The van der Waals surface area contributed by atoms with Crippen LogP contribution in [0.15, 0.2) is 55.1 Å². The molecule has 2 unspecified atom stereocenters. The Labute approximate surface area is 158 Å². The van der Waals surface area contributed by atoms with Gasteiger partial charge in [-0.2, -0.15) is 13.2 Å². The Balaban J connectivity index is 1.74. The number of aliphatic hydroxyl groups is 1. The van der Waals surface area contributed by atoms with Crippen molar-refractivity contribution < 1.29 is 18.3 Å². The van der Waals surface area contributed by atoms with Gasteiger partial charge in [0, 0.05) is 25.1 Å². The molecule has 1 fully saturated rings. The largest absolute Gasteiger partial charge is 0.416 e. The smallest absolute Gasteiger partial charge is 0.391 e. The minimum absolute atomic E-state index is 0.0973. The molecule has 1 aliphatic rings. The van der Waals surface area contributed by atoms with Crippen LogP contribution in [0.2, 0.25) is 0 Å². The van der Waals surface area contributed by atoms with Crippen molar-refractivity contribution in [1.29, 1.82) is 0 Å². The normalized spacial score (nSPS) is 19.8. The lowest BCUT2D eigenvalue weighted by molar-refractivity contribution is -0.138. The first-order chi connectivity index (χ1) is 13.4. The molecule has 0 aliphatic carbocycles. The summed E-state index contributed by atoms with van der Waals surface area (Å²) in [5, 5.41) is 10.2. The minimum atomic E-state index is -4.49. The molecule has 4 rings (SSSR count). The standard InChI is InChI=1S/C19H16F3N5O/c20-19(21,22)14-4-2-1-3-13(14)17-9-12(28)11-27(17)18-25-6-5-15(26-18)16-10-23-7-8-24-16/h1-8,10,12,17,28H,9,11H2. The lowest BCUT2D eigenvalue weighted by Gasteiger charge is -2.27. The second-order valence-electron chi connectivity index (χ2n) is 6.48. The Morgan fingerprint density at radius 1 is 1.00 bits per heavy atom. The van der Waals surface area contributed by atoms with E-state index in [1.165, 1.54) is 30.7 Å². The first-order valence-corrected chi connectivity index (χ1v) is 8.64. The molecule has 1 aromatic carbocycles. The molecule has 0 radical (unpaired) electrons. The highest BCUT2D eigenvalue weighted by Crippen LogP contribution is 2.41. The first-order valence-electron chi connectivity index (χ1n) is 8.64. The lowest BCUT2D eigenvalue weighted by atomic mass is 9.97. The van der Waals surface area contributed by atoms with Crippen molar-refractivity contribution in [2.75, 3.05) is 11.4 Å². The van der Waals surface area contributed by atoms with E-state index in [0.717, 1.165) is 6.07 Å². The molecule has 0 amide bonds. The fraction of sp³-hybridized carbons (Fsp3) is 0.263.